The molecule has 1 aromatic heterocycles. The van der Waals surface area contributed by atoms with Gasteiger partial charge in [-0.05, 0) is 26.3 Å². The molecule has 2 atom stereocenters. The Labute approximate surface area is 91.1 Å². The molecule has 0 radical (unpaired) electrons. The summed E-state index contributed by atoms with van der Waals surface area (Å²) in [4.78, 5) is 2.59. The van der Waals surface area contributed by atoms with Crippen molar-refractivity contribution in [2.75, 3.05) is 13.1 Å². The fourth-order valence-electron chi connectivity index (χ4n) is 2.94. The van der Waals surface area contributed by atoms with Crippen LogP contribution in [0.3, 0.4) is 0 Å². The fraction of sp³-hybridized carbons (Fsp3) is 0.750. The molecule has 2 heterocycles. The highest BCUT2D eigenvalue weighted by atomic mass is 15.3. The zero-order valence-electron chi connectivity index (χ0n) is 9.72. The molecule has 1 saturated carbocycles. The van der Waals surface area contributed by atoms with Crippen LogP contribution in [0.2, 0.25) is 0 Å². The minimum atomic E-state index is 0.702. The second-order valence-electron chi connectivity index (χ2n) is 5.36. The van der Waals surface area contributed by atoms with E-state index in [1.807, 2.05) is 6.20 Å². The van der Waals surface area contributed by atoms with Crippen LogP contribution in [0.4, 0.5) is 0 Å². The summed E-state index contributed by atoms with van der Waals surface area (Å²) >= 11 is 0. The van der Waals surface area contributed by atoms with Crippen LogP contribution < -0.4 is 0 Å². The Hall–Kier alpha value is -0.830. The van der Waals surface area contributed by atoms with Crippen molar-refractivity contribution in [1.29, 1.82) is 0 Å². The molecule has 1 aliphatic carbocycles. The van der Waals surface area contributed by atoms with Crippen LogP contribution in [0.1, 0.15) is 25.5 Å². The number of piperidine rings is 1. The van der Waals surface area contributed by atoms with Gasteiger partial charge in [0.25, 0.3) is 0 Å². The molecular weight excluding hydrogens is 186 g/mol. The Morgan fingerprint density at radius 3 is 2.47 bits per heavy atom. The van der Waals surface area contributed by atoms with E-state index in [0.29, 0.717) is 12.1 Å². The summed E-state index contributed by atoms with van der Waals surface area (Å²) in [6.45, 7) is 9.23. The van der Waals surface area contributed by atoms with E-state index >= 15 is 0 Å². The van der Waals surface area contributed by atoms with Crippen molar-refractivity contribution < 1.29 is 0 Å². The minimum Gasteiger partial charge on any atom is -0.300 e. The van der Waals surface area contributed by atoms with E-state index in [0.717, 1.165) is 11.8 Å². The number of hydrogen-bond acceptors (Lipinski definition) is 2. The van der Waals surface area contributed by atoms with Gasteiger partial charge in [0.2, 0.25) is 0 Å². The van der Waals surface area contributed by atoms with Gasteiger partial charge in [-0.1, -0.05) is 0 Å². The molecule has 0 amide bonds. The van der Waals surface area contributed by atoms with E-state index in [9.17, 15) is 0 Å². The maximum atomic E-state index is 4.43. The van der Waals surface area contributed by atoms with E-state index in [1.54, 1.807) is 0 Å². The smallest absolute Gasteiger partial charge is 0.0607 e. The van der Waals surface area contributed by atoms with Crippen LogP contribution in [-0.4, -0.2) is 33.8 Å². The third kappa shape index (κ3) is 1.41. The van der Waals surface area contributed by atoms with Crippen molar-refractivity contribution in [2.24, 2.45) is 11.8 Å². The predicted molar refractivity (Wildman–Crippen MR) is 59.7 cm³/mol. The molecule has 15 heavy (non-hydrogen) atoms. The van der Waals surface area contributed by atoms with Gasteiger partial charge in [-0.25, -0.2) is 0 Å². The summed E-state index contributed by atoms with van der Waals surface area (Å²) in [6.07, 6.45) is 4.15. The second kappa shape index (κ2) is 3.08. The predicted octanol–water partition coefficient (Wildman–Crippen LogP) is 1.70. The van der Waals surface area contributed by atoms with E-state index in [-0.39, 0.29) is 0 Å². The molecule has 0 aromatic carbocycles. The zero-order valence-corrected chi connectivity index (χ0v) is 9.72. The lowest BCUT2D eigenvalue weighted by molar-refractivity contribution is 0.231. The fourth-order valence-corrected chi connectivity index (χ4v) is 2.94. The molecule has 0 N–H and O–H groups in total. The number of rotatable bonds is 2. The van der Waals surface area contributed by atoms with Gasteiger partial charge in [0.1, 0.15) is 0 Å². The molecule has 2 aliphatic rings. The quantitative estimate of drug-likeness (QED) is 0.733. The number of fused-ring (bicyclic) bond motifs is 1. The van der Waals surface area contributed by atoms with Crippen molar-refractivity contribution in [3.63, 3.8) is 0 Å². The van der Waals surface area contributed by atoms with E-state index in [2.05, 4.69) is 41.6 Å². The highest BCUT2D eigenvalue weighted by molar-refractivity contribution is 5.11. The molecule has 3 heteroatoms. The van der Waals surface area contributed by atoms with Gasteiger partial charge in [0.05, 0.1) is 12.2 Å². The SMILES string of the molecule is Cc1cnn(C2C3CN(C(C)C)CC32)c1. The molecule has 0 spiro atoms. The van der Waals surface area contributed by atoms with Crippen LogP contribution in [0.5, 0.6) is 0 Å². The van der Waals surface area contributed by atoms with Crippen LogP contribution >= 0.6 is 0 Å². The van der Waals surface area contributed by atoms with Crippen LogP contribution in [0, 0.1) is 18.8 Å². The first-order chi connectivity index (χ1) is 7.16. The Kier molecular flexibility index (Phi) is 1.93. The summed E-state index contributed by atoms with van der Waals surface area (Å²) < 4.78 is 2.18. The third-order valence-corrected chi connectivity index (χ3v) is 3.94. The first-order valence-electron chi connectivity index (χ1n) is 5.91. The van der Waals surface area contributed by atoms with Gasteiger partial charge < -0.3 is 4.90 Å². The average molecular weight is 205 g/mol. The van der Waals surface area contributed by atoms with Crippen LogP contribution in [0.15, 0.2) is 12.4 Å². The lowest BCUT2D eigenvalue weighted by atomic mass is 10.3. The molecule has 0 bridgehead atoms. The molecule has 2 unspecified atom stereocenters. The molecule has 82 valence electrons. The Morgan fingerprint density at radius 1 is 1.33 bits per heavy atom. The van der Waals surface area contributed by atoms with Crippen molar-refractivity contribution >= 4 is 0 Å². The number of aryl methyl sites for hydroxylation is 1. The Bertz CT molecular complexity index is 357. The summed E-state index contributed by atoms with van der Waals surface area (Å²) in [6, 6.07) is 1.41. The summed E-state index contributed by atoms with van der Waals surface area (Å²) in [5.74, 6) is 1.73. The Morgan fingerprint density at radius 2 is 2.00 bits per heavy atom. The highest BCUT2D eigenvalue weighted by Crippen LogP contribution is 2.55. The van der Waals surface area contributed by atoms with Crippen molar-refractivity contribution in [1.82, 2.24) is 14.7 Å². The van der Waals surface area contributed by atoms with E-state index < -0.39 is 0 Å². The van der Waals surface area contributed by atoms with Gasteiger partial charge in [-0.3, -0.25) is 4.68 Å². The first-order valence-corrected chi connectivity index (χ1v) is 5.91. The van der Waals surface area contributed by atoms with Gasteiger partial charge in [0.15, 0.2) is 0 Å². The lowest BCUT2D eigenvalue weighted by Gasteiger charge is -2.23. The van der Waals surface area contributed by atoms with Gasteiger partial charge in [0, 0.05) is 37.2 Å². The maximum absolute atomic E-state index is 4.43. The molecule has 3 nitrogen and oxygen atoms in total. The van der Waals surface area contributed by atoms with Crippen molar-refractivity contribution in [3.05, 3.63) is 18.0 Å². The summed E-state index contributed by atoms with van der Waals surface area (Å²) in [5.41, 5.74) is 1.28. The number of aromatic nitrogens is 2. The van der Waals surface area contributed by atoms with E-state index in [4.69, 9.17) is 0 Å². The molecule has 1 saturated heterocycles. The van der Waals surface area contributed by atoms with Crippen LogP contribution in [-0.2, 0) is 0 Å². The highest BCUT2D eigenvalue weighted by Gasteiger charge is 2.57. The zero-order chi connectivity index (χ0) is 10.6. The first kappa shape index (κ1) is 9.40. The lowest BCUT2D eigenvalue weighted by Crippen LogP contribution is -2.31. The molecule has 3 rings (SSSR count). The standard InChI is InChI=1S/C12H19N3/c1-8(2)14-6-10-11(7-14)12(10)15-5-9(3)4-13-15/h4-5,8,10-12H,6-7H2,1-3H3. The third-order valence-electron chi connectivity index (χ3n) is 3.94. The molecule has 2 fully saturated rings. The molecular formula is C12H19N3. The summed E-state index contributed by atoms with van der Waals surface area (Å²) in [5, 5.41) is 4.43. The monoisotopic (exact) mass is 205 g/mol. The topological polar surface area (TPSA) is 21.1 Å². The van der Waals surface area contributed by atoms with Crippen LogP contribution in [0.25, 0.3) is 0 Å². The maximum Gasteiger partial charge on any atom is 0.0607 e. The number of hydrogen-bond donors (Lipinski definition) is 0. The molecule has 1 aliphatic heterocycles. The van der Waals surface area contributed by atoms with Gasteiger partial charge in [-0.15, -0.1) is 0 Å². The molecule has 1 aromatic rings. The van der Waals surface area contributed by atoms with E-state index in [1.165, 1.54) is 18.7 Å². The van der Waals surface area contributed by atoms with Crippen molar-refractivity contribution in [2.45, 2.75) is 32.9 Å². The summed E-state index contributed by atoms with van der Waals surface area (Å²) in [7, 11) is 0. The second-order valence-corrected chi connectivity index (χ2v) is 5.36. The van der Waals surface area contributed by atoms with Gasteiger partial charge in [-0.2, -0.15) is 5.10 Å². The number of nitrogens with zero attached hydrogens (tertiary/aromatic N) is 3. The normalized spacial score (nSPS) is 34.8. The number of likely N-dealkylation sites (tertiary alicyclic amines) is 1. The largest absolute Gasteiger partial charge is 0.300 e. The minimum absolute atomic E-state index is 0.702. The van der Waals surface area contributed by atoms with Crippen molar-refractivity contribution in [3.8, 4) is 0 Å². The average Bonchev–Trinajstić information content (AvgIpc) is 2.62. The van der Waals surface area contributed by atoms with Gasteiger partial charge >= 0.3 is 0 Å². The Balaban J connectivity index is 1.68.